The molecule has 1 fully saturated rings. The highest BCUT2D eigenvalue weighted by Crippen LogP contribution is 2.33. The third-order valence-corrected chi connectivity index (χ3v) is 7.53. The molecule has 1 heterocycles. The predicted octanol–water partition coefficient (Wildman–Crippen LogP) is 7.23. The molecule has 4 amide bonds. The van der Waals surface area contributed by atoms with Gasteiger partial charge in [-0.3, -0.25) is 25.0 Å². The van der Waals surface area contributed by atoms with Crippen LogP contribution in [0.2, 0.25) is 5.02 Å². The topological polar surface area (TPSA) is 128 Å². The van der Waals surface area contributed by atoms with E-state index in [1.54, 1.807) is 54.6 Å². The van der Waals surface area contributed by atoms with Crippen LogP contribution < -0.4 is 19.7 Å². The maximum Gasteiger partial charge on any atom is 0.335 e. The van der Waals surface area contributed by atoms with Crippen LogP contribution in [0.5, 0.6) is 11.5 Å². The first kappa shape index (κ1) is 30.0. The van der Waals surface area contributed by atoms with E-state index in [2.05, 4.69) is 5.32 Å². The van der Waals surface area contributed by atoms with Crippen molar-refractivity contribution < 1.29 is 28.8 Å². The number of nitrogens with zero attached hydrogens (tertiary/aromatic N) is 2. The molecule has 5 aromatic carbocycles. The zero-order chi connectivity index (χ0) is 32.2. The quantitative estimate of drug-likeness (QED) is 0.0785. The molecule has 0 atom stereocenters. The number of rotatable bonds is 9. The van der Waals surface area contributed by atoms with Gasteiger partial charge in [-0.2, -0.15) is 0 Å². The Morgan fingerprint density at radius 2 is 1.43 bits per heavy atom. The minimum Gasteiger partial charge on any atom is -0.489 e. The average molecular weight is 634 g/mol. The zero-order valence-corrected chi connectivity index (χ0v) is 24.8. The van der Waals surface area contributed by atoms with E-state index in [0.717, 1.165) is 15.8 Å². The van der Waals surface area contributed by atoms with Crippen molar-refractivity contribution in [3.63, 3.8) is 0 Å². The van der Waals surface area contributed by atoms with Gasteiger partial charge in [0.2, 0.25) is 0 Å². The van der Waals surface area contributed by atoms with Crippen molar-refractivity contribution in [1.82, 2.24) is 5.32 Å². The number of urea groups is 1. The largest absolute Gasteiger partial charge is 0.489 e. The number of barbiturate groups is 1. The number of anilines is 1. The van der Waals surface area contributed by atoms with Gasteiger partial charge in [-0.25, -0.2) is 9.69 Å². The number of hydrogen-bond donors (Lipinski definition) is 1. The number of hydrogen-bond acceptors (Lipinski definition) is 7. The highest BCUT2D eigenvalue weighted by atomic mass is 35.5. The molecule has 0 bridgehead atoms. The number of fused-ring (bicyclic) bond motifs is 1. The van der Waals surface area contributed by atoms with Crippen LogP contribution in [-0.4, -0.2) is 22.8 Å². The zero-order valence-electron chi connectivity index (χ0n) is 24.0. The number of amides is 4. The molecule has 46 heavy (non-hydrogen) atoms. The van der Waals surface area contributed by atoms with Gasteiger partial charge in [-0.15, -0.1) is 0 Å². The molecule has 0 aliphatic carbocycles. The number of carbonyl (C=O) groups is 3. The minimum absolute atomic E-state index is 0.0408. The summed E-state index contributed by atoms with van der Waals surface area (Å²) in [7, 11) is 0. The van der Waals surface area contributed by atoms with Crippen molar-refractivity contribution in [2.75, 3.05) is 4.90 Å². The van der Waals surface area contributed by atoms with Crippen molar-refractivity contribution in [3.05, 3.63) is 147 Å². The van der Waals surface area contributed by atoms with Gasteiger partial charge >= 0.3 is 6.03 Å². The lowest BCUT2D eigenvalue weighted by atomic mass is 9.99. The Morgan fingerprint density at radius 1 is 0.783 bits per heavy atom. The van der Waals surface area contributed by atoms with Gasteiger partial charge < -0.3 is 9.47 Å². The van der Waals surface area contributed by atoms with Gasteiger partial charge in [-0.05, 0) is 82.6 Å². The van der Waals surface area contributed by atoms with Gasteiger partial charge in [-0.1, -0.05) is 54.1 Å². The summed E-state index contributed by atoms with van der Waals surface area (Å²) < 4.78 is 11.9. The fraction of sp³-hybridized carbons (Fsp3) is 0.0571. The number of nitrogens with one attached hydrogen (secondary N) is 1. The van der Waals surface area contributed by atoms with Crippen LogP contribution in [0.15, 0.2) is 115 Å². The number of benzene rings is 5. The van der Waals surface area contributed by atoms with Gasteiger partial charge in [0.05, 0.1) is 10.6 Å². The summed E-state index contributed by atoms with van der Waals surface area (Å²) in [4.78, 5) is 51.1. The molecule has 0 unspecified atom stereocenters. The summed E-state index contributed by atoms with van der Waals surface area (Å²) in [6, 6.07) is 29.6. The summed E-state index contributed by atoms with van der Waals surface area (Å²) in [6.45, 7) is 0.365. The molecule has 11 heteroatoms. The molecule has 0 spiro atoms. The minimum atomic E-state index is -0.880. The monoisotopic (exact) mass is 633 g/mol. The summed E-state index contributed by atoms with van der Waals surface area (Å²) >= 11 is 5.94. The molecule has 1 saturated heterocycles. The Hall–Kier alpha value is -6.00. The van der Waals surface area contributed by atoms with Gasteiger partial charge in [0.1, 0.15) is 30.3 Å². The molecule has 0 radical (unpaired) electrons. The Labute approximate surface area is 267 Å². The van der Waals surface area contributed by atoms with Crippen molar-refractivity contribution in [2.24, 2.45) is 0 Å². The molecular formula is C35H24ClN3O7. The van der Waals surface area contributed by atoms with E-state index in [-0.39, 0.29) is 23.6 Å². The third kappa shape index (κ3) is 6.42. The second kappa shape index (κ2) is 12.9. The van der Waals surface area contributed by atoms with E-state index in [1.165, 1.54) is 18.2 Å². The number of imide groups is 2. The first-order valence-electron chi connectivity index (χ1n) is 14.0. The van der Waals surface area contributed by atoms with Gasteiger partial charge in [0.15, 0.2) is 0 Å². The van der Waals surface area contributed by atoms with Crippen molar-refractivity contribution in [3.8, 4) is 11.5 Å². The Kier molecular flexibility index (Phi) is 8.44. The highest BCUT2D eigenvalue weighted by molar-refractivity contribution is 6.39. The second-order valence-corrected chi connectivity index (χ2v) is 10.7. The Bertz CT molecular complexity index is 2010. The smallest absolute Gasteiger partial charge is 0.335 e. The van der Waals surface area contributed by atoms with Crippen molar-refractivity contribution in [1.29, 1.82) is 0 Å². The fourth-order valence-corrected chi connectivity index (χ4v) is 5.03. The van der Waals surface area contributed by atoms with Crippen LogP contribution in [-0.2, 0) is 22.8 Å². The lowest BCUT2D eigenvalue weighted by Gasteiger charge is -2.26. The first-order valence-corrected chi connectivity index (χ1v) is 14.4. The van der Waals surface area contributed by atoms with Crippen LogP contribution in [0, 0.1) is 10.1 Å². The number of ether oxygens (including phenoxy) is 2. The number of non-ortho nitro benzene ring substituents is 1. The van der Waals surface area contributed by atoms with Crippen LogP contribution in [0.1, 0.15) is 16.7 Å². The summed E-state index contributed by atoms with van der Waals surface area (Å²) in [5.74, 6) is -0.766. The molecule has 228 valence electrons. The maximum absolute atomic E-state index is 13.7. The number of nitro benzene ring substituents is 1. The summed E-state index contributed by atoms with van der Waals surface area (Å²) in [6.07, 6.45) is 1.41. The molecule has 6 rings (SSSR count). The molecule has 1 aliphatic rings. The van der Waals surface area contributed by atoms with Gasteiger partial charge in [0.25, 0.3) is 17.5 Å². The van der Waals surface area contributed by atoms with Crippen molar-refractivity contribution >= 4 is 57.7 Å². The maximum atomic E-state index is 13.7. The molecule has 0 saturated carbocycles. The molecule has 1 aliphatic heterocycles. The Balaban J connectivity index is 1.27. The van der Waals surface area contributed by atoms with E-state index >= 15 is 0 Å². The Morgan fingerprint density at radius 3 is 2.13 bits per heavy atom. The van der Waals surface area contributed by atoms with Crippen LogP contribution in [0.3, 0.4) is 0 Å². The summed E-state index contributed by atoms with van der Waals surface area (Å²) in [5, 5.41) is 15.4. The van der Waals surface area contributed by atoms with Gasteiger partial charge in [0, 0.05) is 22.7 Å². The first-order chi connectivity index (χ1) is 22.3. The van der Waals surface area contributed by atoms with Crippen LogP contribution >= 0.6 is 11.6 Å². The molecular weight excluding hydrogens is 610 g/mol. The van der Waals surface area contributed by atoms with E-state index < -0.39 is 22.8 Å². The lowest BCUT2D eigenvalue weighted by Crippen LogP contribution is -2.54. The normalized spacial score (nSPS) is 14.0. The van der Waals surface area contributed by atoms with E-state index in [4.69, 9.17) is 21.1 Å². The highest BCUT2D eigenvalue weighted by Gasteiger charge is 2.37. The SMILES string of the molecule is O=C1NC(=O)N(c2ccc(OCc3ccc(Cl)cc3)cc2)C(=O)/C1=C/c1c(OCc2ccc([N+](=O)[O-])cc2)ccc2ccccc12. The van der Waals surface area contributed by atoms with E-state index in [0.29, 0.717) is 39.6 Å². The third-order valence-electron chi connectivity index (χ3n) is 7.28. The van der Waals surface area contributed by atoms with Crippen LogP contribution in [0.25, 0.3) is 16.8 Å². The number of nitro groups is 1. The lowest BCUT2D eigenvalue weighted by molar-refractivity contribution is -0.384. The predicted molar refractivity (Wildman–Crippen MR) is 173 cm³/mol. The number of carbonyl (C=O) groups excluding carboxylic acids is 3. The van der Waals surface area contributed by atoms with E-state index in [9.17, 15) is 24.5 Å². The summed E-state index contributed by atoms with van der Waals surface area (Å²) in [5.41, 5.74) is 1.99. The van der Waals surface area contributed by atoms with Crippen molar-refractivity contribution in [2.45, 2.75) is 13.2 Å². The number of halogens is 1. The standard InChI is InChI=1S/C35H24ClN3O7/c36-25-10-5-22(6-11-25)20-45-28-16-14-26(15-17-28)38-34(41)31(33(40)37-35(38)42)19-30-29-4-2-1-3-24(29)9-18-32(30)46-21-23-7-12-27(13-8-23)39(43)44/h1-19H,20-21H2,(H,37,40,42)/b31-19+. The second-order valence-electron chi connectivity index (χ2n) is 10.3. The molecule has 1 N–H and O–H groups in total. The van der Waals surface area contributed by atoms with E-state index in [1.807, 2.05) is 42.5 Å². The average Bonchev–Trinajstić information content (AvgIpc) is 3.06. The molecule has 0 aromatic heterocycles. The molecule has 5 aromatic rings. The molecule has 10 nitrogen and oxygen atoms in total. The fourth-order valence-electron chi connectivity index (χ4n) is 4.90. The van der Waals surface area contributed by atoms with Crippen LogP contribution in [0.4, 0.5) is 16.2 Å².